The molecule has 1 aliphatic rings. The summed E-state index contributed by atoms with van der Waals surface area (Å²) in [4.78, 5) is 4.04. The lowest BCUT2D eigenvalue weighted by Gasteiger charge is -2.38. The quantitative estimate of drug-likeness (QED) is 0.920. The van der Waals surface area contributed by atoms with Gasteiger partial charge in [0, 0.05) is 24.2 Å². The molecule has 1 heterocycles. The molecule has 0 spiro atoms. The Hall–Kier alpha value is -0.940. The maximum atomic E-state index is 11.7. The molecule has 106 valence electrons. The van der Waals surface area contributed by atoms with Crippen molar-refractivity contribution >= 4 is 9.84 Å². The highest BCUT2D eigenvalue weighted by molar-refractivity contribution is 7.91. The topological polar surface area (TPSA) is 67.3 Å². The lowest BCUT2D eigenvalue weighted by Crippen LogP contribution is -2.39. The van der Waals surface area contributed by atoms with E-state index in [0.717, 1.165) is 18.4 Å². The van der Waals surface area contributed by atoms with Gasteiger partial charge in [0.25, 0.3) is 0 Å². The molecule has 19 heavy (non-hydrogen) atoms. The third kappa shape index (κ3) is 3.15. The molecule has 2 rings (SSSR count). The zero-order valence-electron chi connectivity index (χ0n) is 11.4. The summed E-state index contributed by atoms with van der Waals surface area (Å²) < 4.78 is 23.4. The average Bonchev–Trinajstić information content (AvgIpc) is 2.39. The highest BCUT2D eigenvalue weighted by atomic mass is 32.2. The van der Waals surface area contributed by atoms with Crippen LogP contribution < -0.4 is 0 Å². The molecule has 0 bridgehead atoms. The van der Waals surface area contributed by atoms with Crippen LogP contribution in [-0.2, 0) is 15.4 Å². The van der Waals surface area contributed by atoms with E-state index in [-0.39, 0.29) is 11.2 Å². The van der Waals surface area contributed by atoms with E-state index < -0.39 is 15.4 Å². The van der Waals surface area contributed by atoms with Crippen molar-refractivity contribution < 1.29 is 13.5 Å². The first-order chi connectivity index (χ1) is 8.82. The second-order valence-electron chi connectivity index (χ2n) is 5.70. The molecule has 3 unspecified atom stereocenters. The summed E-state index contributed by atoms with van der Waals surface area (Å²) in [7, 11) is -3.03. The van der Waals surface area contributed by atoms with E-state index in [0.29, 0.717) is 12.8 Å². The number of pyridine rings is 1. The predicted molar refractivity (Wildman–Crippen MR) is 74.4 cm³/mol. The minimum atomic E-state index is -3.03. The average molecular weight is 283 g/mol. The van der Waals surface area contributed by atoms with Gasteiger partial charge in [0.05, 0.1) is 10.9 Å². The van der Waals surface area contributed by atoms with Crippen LogP contribution in [0, 0.1) is 5.92 Å². The van der Waals surface area contributed by atoms with Crippen LogP contribution >= 0.6 is 0 Å². The molecule has 0 aromatic carbocycles. The Labute approximate surface area is 114 Å². The summed E-state index contributed by atoms with van der Waals surface area (Å²) in [6, 6.07) is 3.64. The van der Waals surface area contributed by atoms with E-state index in [2.05, 4.69) is 4.98 Å². The van der Waals surface area contributed by atoms with Gasteiger partial charge in [0.1, 0.15) is 9.84 Å². The van der Waals surface area contributed by atoms with E-state index in [4.69, 9.17) is 0 Å². The zero-order valence-corrected chi connectivity index (χ0v) is 12.2. The van der Waals surface area contributed by atoms with Gasteiger partial charge in [-0.15, -0.1) is 0 Å². The minimum Gasteiger partial charge on any atom is -0.385 e. The molecule has 0 saturated heterocycles. The summed E-state index contributed by atoms with van der Waals surface area (Å²) in [6.07, 6.45) is 7.55. The molecular weight excluding hydrogens is 262 g/mol. The van der Waals surface area contributed by atoms with Crippen LogP contribution in [0.3, 0.4) is 0 Å². The van der Waals surface area contributed by atoms with Crippen LogP contribution in [0.4, 0.5) is 0 Å². The van der Waals surface area contributed by atoms with Crippen LogP contribution in [0.1, 0.15) is 38.2 Å². The van der Waals surface area contributed by atoms with E-state index in [1.54, 1.807) is 25.4 Å². The van der Waals surface area contributed by atoms with Crippen LogP contribution in [0.15, 0.2) is 24.5 Å². The molecule has 5 heteroatoms. The van der Waals surface area contributed by atoms with Gasteiger partial charge in [-0.2, -0.15) is 0 Å². The fraction of sp³-hybridized carbons (Fsp3) is 0.643. The highest BCUT2D eigenvalue weighted by Crippen LogP contribution is 2.40. The van der Waals surface area contributed by atoms with Crippen LogP contribution in [0.5, 0.6) is 0 Å². The van der Waals surface area contributed by atoms with E-state index in [9.17, 15) is 13.5 Å². The smallest absolute Gasteiger partial charge is 0.150 e. The third-order valence-electron chi connectivity index (χ3n) is 4.27. The third-order valence-corrected chi connectivity index (χ3v) is 5.91. The molecule has 0 aliphatic heterocycles. The van der Waals surface area contributed by atoms with Gasteiger partial charge >= 0.3 is 0 Å². The SMILES string of the molecule is CC(O)(c1cccnc1)C1CCCC(S(C)(=O)=O)C1. The normalized spacial score (nSPS) is 27.7. The fourth-order valence-electron chi connectivity index (χ4n) is 2.94. The van der Waals surface area contributed by atoms with Gasteiger partial charge in [0.2, 0.25) is 0 Å². The molecule has 1 aromatic heterocycles. The number of nitrogens with zero attached hydrogens (tertiary/aromatic N) is 1. The zero-order chi connectivity index (χ0) is 14.1. The van der Waals surface area contributed by atoms with Crippen molar-refractivity contribution in [3.05, 3.63) is 30.1 Å². The summed E-state index contributed by atoms with van der Waals surface area (Å²) in [5.41, 5.74) is -0.258. The maximum Gasteiger partial charge on any atom is 0.150 e. The first-order valence-corrected chi connectivity index (χ1v) is 8.59. The van der Waals surface area contributed by atoms with Crippen molar-refractivity contribution in [1.29, 1.82) is 0 Å². The number of aliphatic hydroxyl groups is 1. The van der Waals surface area contributed by atoms with Gasteiger partial charge in [-0.1, -0.05) is 12.5 Å². The molecule has 1 N–H and O–H groups in total. The molecule has 4 nitrogen and oxygen atoms in total. The van der Waals surface area contributed by atoms with Gasteiger partial charge in [-0.3, -0.25) is 4.98 Å². The van der Waals surface area contributed by atoms with E-state index >= 15 is 0 Å². The second-order valence-corrected chi connectivity index (χ2v) is 8.03. The van der Waals surface area contributed by atoms with Gasteiger partial charge in [0.15, 0.2) is 0 Å². The van der Waals surface area contributed by atoms with Gasteiger partial charge in [-0.05, 0) is 38.2 Å². The van der Waals surface area contributed by atoms with Crippen molar-refractivity contribution in [1.82, 2.24) is 4.98 Å². The standard InChI is InChI=1S/C14H21NO3S/c1-14(16,12-6-4-8-15-10-12)11-5-3-7-13(9-11)19(2,17)18/h4,6,8,10-11,13,16H,3,5,7,9H2,1-2H3. The molecule has 1 aromatic rings. The number of rotatable bonds is 3. The molecule has 0 amide bonds. The maximum absolute atomic E-state index is 11.7. The number of aromatic nitrogens is 1. The molecule has 0 radical (unpaired) electrons. The van der Waals surface area contributed by atoms with Crippen molar-refractivity contribution in [3.8, 4) is 0 Å². The van der Waals surface area contributed by atoms with E-state index in [1.807, 2.05) is 6.07 Å². The van der Waals surface area contributed by atoms with Crippen LogP contribution in [0.25, 0.3) is 0 Å². The van der Waals surface area contributed by atoms with Crippen LogP contribution in [-0.4, -0.2) is 30.0 Å². The van der Waals surface area contributed by atoms with Crippen molar-refractivity contribution in [2.24, 2.45) is 5.92 Å². The summed E-state index contributed by atoms with van der Waals surface area (Å²) in [6.45, 7) is 1.76. The number of sulfone groups is 1. The largest absolute Gasteiger partial charge is 0.385 e. The first kappa shape index (κ1) is 14.5. The molecule has 3 atom stereocenters. The monoisotopic (exact) mass is 283 g/mol. The Kier molecular flexibility index (Phi) is 3.97. The molecular formula is C14H21NO3S. The Morgan fingerprint density at radius 3 is 2.74 bits per heavy atom. The van der Waals surface area contributed by atoms with Crippen molar-refractivity contribution in [2.75, 3.05) is 6.26 Å². The Balaban J connectivity index is 2.22. The van der Waals surface area contributed by atoms with Crippen molar-refractivity contribution in [3.63, 3.8) is 0 Å². The predicted octanol–water partition coefficient (Wildman–Crippen LogP) is 1.89. The number of hydrogen-bond acceptors (Lipinski definition) is 4. The van der Waals surface area contributed by atoms with Gasteiger partial charge < -0.3 is 5.11 Å². The molecule has 1 aliphatic carbocycles. The summed E-state index contributed by atoms with van der Waals surface area (Å²) in [5, 5.41) is 10.4. The van der Waals surface area contributed by atoms with Crippen LogP contribution in [0.2, 0.25) is 0 Å². The van der Waals surface area contributed by atoms with Gasteiger partial charge in [-0.25, -0.2) is 8.42 Å². The Morgan fingerprint density at radius 1 is 1.42 bits per heavy atom. The Morgan fingerprint density at radius 2 is 2.16 bits per heavy atom. The Bertz CT molecular complexity index is 525. The van der Waals surface area contributed by atoms with Crippen molar-refractivity contribution in [2.45, 2.75) is 43.5 Å². The summed E-state index contributed by atoms with van der Waals surface area (Å²) in [5.74, 6) is -0.0369. The summed E-state index contributed by atoms with van der Waals surface area (Å²) >= 11 is 0. The highest BCUT2D eigenvalue weighted by Gasteiger charge is 2.39. The molecule has 1 fully saturated rings. The minimum absolute atomic E-state index is 0.0369. The fourth-order valence-corrected chi connectivity index (χ4v) is 4.12. The van der Waals surface area contributed by atoms with E-state index in [1.165, 1.54) is 6.26 Å². The molecule has 1 saturated carbocycles. The second kappa shape index (κ2) is 5.21. The first-order valence-electron chi connectivity index (χ1n) is 6.63. The number of hydrogen-bond donors (Lipinski definition) is 1. The lowest BCUT2D eigenvalue weighted by atomic mass is 9.75. The lowest BCUT2D eigenvalue weighted by molar-refractivity contribution is -0.0211.